The van der Waals surface area contributed by atoms with Crippen molar-refractivity contribution in [3.05, 3.63) is 101 Å². The molecule has 1 aromatic heterocycles. The number of fused-ring (bicyclic) bond motifs is 1. The SMILES string of the molecule is CC(C)(C)OC(=O)N(CCc1nc2ccccc2n1Cc1ccc(F)cc1)Cc1ccccc1Cl. The van der Waals surface area contributed by atoms with Crippen LogP contribution in [0.25, 0.3) is 11.0 Å². The van der Waals surface area contributed by atoms with Gasteiger partial charge in [-0.25, -0.2) is 14.2 Å². The molecule has 0 bridgehead atoms. The van der Waals surface area contributed by atoms with Crippen LogP contribution in [0, 0.1) is 5.82 Å². The Morgan fingerprint density at radius 2 is 1.71 bits per heavy atom. The second kappa shape index (κ2) is 10.5. The minimum Gasteiger partial charge on any atom is -0.444 e. The normalized spacial score (nSPS) is 11.6. The lowest BCUT2D eigenvalue weighted by Gasteiger charge is -2.28. The number of aromatic nitrogens is 2. The summed E-state index contributed by atoms with van der Waals surface area (Å²) in [6.45, 7) is 6.81. The fourth-order valence-corrected chi connectivity index (χ4v) is 4.09. The maximum absolute atomic E-state index is 13.4. The molecule has 0 saturated heterocycles. The van der Waals surface area contributed by atoms with Crippen LogP contribution in [-0.2, 0) is 24.2 Å². The monoisotopic (exact) mass is 493 g/mol. The van der Waals surface area contributed by atoms with E-state index in [1.807, 2.05) is 69.3 Å². The molecule has 0 unspecified atom stereocenters. The van der Waals surface area contributed by atoms with Gasteiger partial charge in [-0.05, 0) is 62.2 Å². The van der Waals surface area contributed by atoms with Gasteiger partial charge < -0.3 is 14.2 Å². The number of carbonyl (C=O) groups excluding carboxylic acids is 1. The number of hydrogen-bond acceptors (Lipinski definition) is 3. The van der Waals surface area contributed by atoms with E-state index < -0.39 is 11.7 Å². The molecule has 1 amide bonds. The molecule has 35 heavy (non-hydrogen) atoms. The van der Waals surface area contributed by atoms with Gasteiger partial charge in [-0.1, -0.05) is 54.1 Å². The maximum atomic E-state index is 13.4. The Labute approximate surface area is 210 Å². The number of ether oxygens (including phenoxy) is 1. The van der Waals surface area contributed by atoms with Crippen LogP contribution in [0.4, 0.5) is 9.18 Å². The number of carbonyl (C=O) groups is 1. The zero-order valence-electron chi connectivity index (χ0n) is 20.2. The predicted molar refractivity (Wildman–Crippen MR) is 137 cm³/mol. The van der Waals surface area contributed by atoms with E-state index in [4.69, 9.17) is 21.3 Å². The predicted octanol–water partition coefficient (Wildman–Crippen LogP) is 6.86. The van der Waals surface area contributed by atoms with E-state index in [-0.39, 0.29) is 5.82 Å². The molecule has 182 valence electrons. The molecule has 5 nitrogen and oxygen atoms in total. The summed E-state index contributed by atoms with van der Waals surface area (Å²) >= 11 is 6.38. The quantitative estimate of drug-likeness (QED) is 0.282. The number of benzene rings is 3. The van der Waals surface area contributed by atoms with Crippen molar-refractivity contribution < 1.29 is 13.9 Å². The van der Waals surface area contributed by atoms with Crippen LogP contribution < -0.4 is 0 Å². The molecule has 7 heteroatoms. The minimum absolute atomic E-state index is 0.267. The van der Waals surface area contributed by atoms with Gasteiger partial charge in [-0.15, -0.1) is 0 Å². The molecule has 0 aliphatic heterocycles. The molecule has 0 aliphatic rings. The highest BCUT2D eigenvalue weighted by Gasteiger charge is 2.24. The Hall–Kier alpha value is -3.38. The molecular formula is C28H29ClFN3O2. The summed E-state index contributed by atoms with van der Waals surface area (Å²) in [5.41, 5.74) is 3.06. The van der Waals surface area contributed by atoms with Gasteiger partial charge in [-0.2, -0.15) is 0 Å². The number of para-hydroxylation sites is 2. The first-order valence-electron chi connectivity index (χ1n) is 11.6. The van der Waals surface area contributed by atoms with Crippen molar-refractivity contribution >= 4 is 28.7 Å². The number of hydrogen-bond donors (Lipinski definition) is 0. The first-order chi connectivity index (χ1) is 16.7. The molecular weight excluding hydrogens is 465 g/mol. The average Bonchev–Trinajstić information content (AvgIpc) is 3.15. The van der Waals surface area contributed by atoms with E-state index in [0.29, 0.717) is 31.1 Å². The number of amides is 1. The lowest BCUT2D eigenvalue weighted by molar-refractivity contribution is 0.0235. The van der Waals surface area contributed by atoms with Gasteiger partial charge in [0.25, 0.3) is 0 Å². The van der Waals surface area contributed by atoms with E-state index in [1.54, 1.807) is 17.0 Å². The first-order valence-corrected chi connectivity index (χ1v) is 12.0. The number of imidazole rings is 1. The Bertz CT molecular complexity index is 1310. The van der Waals surface area contributed by atoms with Gasteiger partial charge in [0.15, 0.2) is 0 Å². The summed E-state index contributed by atoms with van der Waals surface area (Å²) in [5.74, 6) is 0.570. The van der Waals surface area contributed by atoms with E-state index >= 15 is 0 Å². The first kappa shape index (κ1) is 24.7. The van der Waals surface area contributed by atoms with Crippen molar-refractivity contribution in [1.82, 2.24) is 14.5 Å². The lowest BCUT2D eigenvalue weighted by atomic mass is 10.2. The van der Waals surface area contributed by atoms with E-state index in [1.165, 1.54) is 12.1 Å². The second-order valence-electron chi connectivity index (χ2n) is 9.47. The molecule has 4 aromatic rings. The second-order valence-corrected chi connectivity index (χ2v) is 9.88. The van der Waals surface area contributed by atoms with Gasteiger partial charge >= 0.3 is 6.09 Å². The van der Waals surface area contributed by atoms with E-state index in [0.717, 1.165) is 28.0 Å². The third-order valence-electron chi connectivity index (χ3n) is 5.56. The summed E-state index contributed by atoms with van der Waals surface area (Å²) in [7, 11) is 0. The molecule has 0 aliphatic carbocycles. The van der Waals surface area contributed by atoms with E-state index in [2.05, 4.69) is 4.57 Å². The van der Waals surface area contributed by atoms with Gasteiger partial charge in [-0.3, -0.25) is 0 Å². The Morgan fingerprint density at radius 1 is 1.03 bits per heavy atom. The van der Waals surface area contributed by atoms with Crippen molar-refractivity contribution in [2.24, 2.45) is 0 Å². The lowest BCUT2D eigenvalue weighted by Crippen LogP contribution is -2.38. The fourth-order valence-electron chi connectivity index (χ4n) is 3.89. The molecule has 0 saturated carbocycles. The summed E-state index contributed by atoms with van der Waals surface area (Å²) in [4.78, 5) is 19.6. The van der Waals surface area contributed by atoms with Crippen molar-refractivity contribution in [1.29, 1.82) is 0 Å². The third-order valence-corrected chi connectivity index (χ3v) is 5.93. The standard InChI is InChI=1S/C28H29ClFN3O2/c1-28(2,3)35-27(34)32(19-21-8-4-5-9-23(21)29)17-16-26-31-24-10-6-7-11-25(24)33(26)18-20-12-14-22(30)15-13-20/h4-15H,16-19H2,1-3H3. The fraction of sp³-hybridized carbons (Fsp3) is 0.286. The Balaban J connectivity index is 1.61. The topological polar surface area (TPSA) is 47.4 Å². The molecule has 3 aromatic carbocycles. The van der Waals surface area contributed by atoms with Crippen LogP contribution >= 0.6 is 11.6 Å². The average molecular weight is 494 g/mol. The number of halogens is 2. The number of nitrogens with zero attached hydrogens (tertiary/aromatic N) is 3. The molecule has 0 N–H and O–H groups in total. The molecule has 0 fully saturated rings. The highest BCUT2D eigenvalue weighted by atomic mass is 35.5. The molecule has 1 heterocycles. The van der Waals surface area contributed by atoms with Crippen LogP contribution in [-0.4, -0.2) is 32.7 Å². The zero-order chi connectivity index (χ0) is 25.0. The summed E-state index contributed by atoms with van der Waals surface area (Å²) < 4.78 is 21.2. The largest absolute Gasteiger partial charge is 0.444 e. The van der Waals surface area contributed by atoms with Crippen LogP contribution in [0.1, 0.15) is 37.7 Å². The Kier molecular flexibility index (Phi) is 7.41. The van der Waals surface area contributed by atoms with Crippen molar-refractivity contribution in [2.75, 3.05) is 6.54 Å². The maximum Gasteiger partial charge on any atom is 0.410 e. The van der Waals surface area contributed by atoms with Gasteiger partial charge in [0, 0.05) is 24.5 Å². The summed E-state index contributed by atoms with van der Waals surface area (Å²) in [6, 6.07) is 21.9. The van der Waals surface area contributed by atoms with Crippen LogP contribution in [0.3, 0.4) is 0 Å². The Morgan fingerprint density at radius 3 is 2.43 bits per heavy atom. The molecule has 0 atom stereocenters. The van der Waals surface area contributed by atoms with E-state index in [9.17, 15) is 9.18 Å². The number of rotatable bonds is 7. The molecule has 4 rings (SSSR count). The van der Waals surface area contributed by atoms with Crippen molar-refractivity contribution in [2.45, 2.75) is 45.9 Å². The highest BCUT2D eigenvalue weighted by molar-refractivity contribution is 6.31. The van der Waals surface area contributed by atoms with Crippen molar-refractivity contribution in [3.8, 4) is 0 Å². The summed E-state index contributed by atoms with van der Waals surface area (Å²) in [5, 5.41) is 0.601. The highest BCUT2D eigenvalue weighted by Crippen LogP contribution is 2.22. The van der Waals surface area contributed by atoms with Crippen molar-refractivity contribution in [3.63, 3.8) is 0 Å². The van der Waals surface area contributed by atoms with Gasteiger partial charge in [0.2, 0.25) is 0 Å². The van der Waals surface area contributed by atoms with Gasteiger partial charge in [0.05, 0.1) is 17.6 Å². The minimum atomic E-state index is -0.619. The zero-order valence-corrected chi connectivity index (χ0v) is 20.9. The smallest absolute Gasteiger partial charge is 0.410 e. The van der Waals surface area contributed by atoms with Crippen LogP contribution in [0.15, 0.2) is 72.8 Å². The molecule has 0 spiro atoms. The molecule has 0 radical (unpaired) electrons. The summed E-state index contributed by atoms with van der Waals surface area (Å²) in [6.07, 6.45) is 0.109. The third kappa shape index (κ3) is 6.40. The van der Waals surface area contributed by atoms with Gasteiger partial charge in [0.1, 0.15) is 17.2 Å². The van der Waals surface area contributed by atoms with Crippen LogP contribution in [0.5, 0.6) is 0 Å². The van der Waals surface area contributed by atoms with Crippen LogP contribution in [0.2, 0.25) is 5.02 Å².